The molecule has 114 valence electrons. The number of halogens is 1. The molecule has 5 nitrogen and oxygen atoms in total. The van der Waals surface area contributed by atoms with Crippen LogP contribution in [-0.4, -0.2) is 24.9 Å². The number of hydrogen-bond donors (Lipinski definition) is 1. The van der Waals surface area contributed by atoms with Gasteiger partial charge >= 0.3 is 0 Å². The molecule has 0 aliphatic heterocycles. The van der Waals surface area contributed by atoms with Crippen LogP contribution in [0.2, 0.25) is 0 Å². The molecule has 0 aliphatic rings. The Balaban J connectivity index is 2.41. The molecular formula is C14H16FNO4S. The Hall–Kier alpha value is -1.70. The molecule has 7 heteroatoms. The largest absolute Gasteiger partial charge is 0.472 e. The molecule has 0 radical (unpaired) electrons. The van der Waals surface area contributed by atoms with E-state index in [1.54, 1.807) is 6.07 Å². The van der Waals surface area contributed by atoms with Gasteiger partial charge in [0.05, 0.1) is 24.0 Å². The van der Waals surface area contributed by atoms with Gasteiger partial charge in [-0.1, -0.05) is 0 Å². The number of aliphatic hydroxyl groups is 1. The Morgan fingerprint density at radius 3 is 2.62 bits per heavy atom. The van der Waals surface area contributed by atoms with E-state index in [1.165, 1.54) is 32.6 Å². The number of sulfonamides is 1. The lowest BCUT2D eigenvalue weighted by Gasteiger charge is -2.18. The van der Waals surface area contributed by atoms with Crippen LogP contribution < -0.4 is 0 Å². The van der Waals surface area contributed by atoms with Gasteiger partial charge in [0.25, 0.3) is 0 Å². The van der Waals surface area contributed by atoms with E-state index in [1.807, 2.05) is 0 Å². The van der Waals surface area contributed by atoms with E-state index in [4.69, 9.17) is 9.52 Å². The van der Waals surface area contributed by atoms with Gasteiger partial charge in [-0.3, -0.25) is 0 Å². The smallest absolute Gasteiger partial charge is 0.243 e. The van der Waals surface area contributed by atoms with Crippen LogP contribution in [0.5, 0.6) is 0 Å². The van der Waals surface area contributed by atoms with E-state index < -0.39 is 22.4 Å². The van der Waals surface area contributed by atoms with Crippen molar-refractivity contribution >= 4 is 10.0 Å². The van der Waals surface area contributed by atoms with Crippen molar-refractivity contribution in [1.29, 1.82) is 0 Å². The van der Waals surface area contributed by atoms with Gasteiger partial charge in [0.1, 0.15) is 5.82 Å². The average Bonchev–Trinajstić information content (AvgIpc) is 2.94. The molecule has 0 fully saturated rings. The number of furan rings is 1. The summed E-state index contributed by atoms with van der Waals surface area (Å²) < 4.78 is 44.9. The van der Waals surface area contributed by atoms with Crippen LogP contribution in [0.4, 0.5) is 4.39 Å². The summed E-state index contributed by atoms with van der Waals surface area (Å²) in [6, 6.07) is 4.08. The van der Waals surface area contributed by atoms with E-state index in [-0.39, 0.29) is 22.6 Å². The van der Waals surface area contributed by atoms with E-state index in [0.717, 1.165) is 10.4 Å². The fourth-order valence-corrected chi connectivity index (χ4v) is 3.40. The molecule has 1 heterocycles. The molecule has 1 aromatic heterocycles. The van der Waals surface area contributed by atoms with E-state index in [2.05, 4.69) is 0 Å². The fraction of sp³-hybridized carbons (Fsp3) is 0.286. The minimum Gasteiger partial charge on any atom is -0.472 e. The highest BCUT2D eigenvalue weighted by Crippen LogP contribution is 2.24. The second-order valence-electron chi connectivity index (χ2n) is 4.75. The molecule has 0 spiro atoms. The number of aliphatic hydroxyl groups excluding tert-OH is 1. The number of nitrogens with zero attached hydrogens (tertiary/aromatic N) is 1. The molecule has 1 aromatic carbocycles. The number of benzene rings is 1. The van der Waals surface area contributed by atoms with Gasteiger partial charge < -0.3 is 9.52 Å². The van der Waals surface area contributed by atoms with Gasteiger partial charge in [0.2, 0.25) is 10.0 Å². The third-order valence-electron chi connectivity index (χ3n) is 3.21. The van der Waals surface area contributed by atoms with Crippen molar-refractivity contribution in [3.63, 3.8) is 0 Å². The second-order valence-corrected chi connectivity index (χ2v) is 6.76. The Labute approximate surface area is 122 Å². The highest BCUT2D eigenvalue weighted by Gasteiger charge is 2.25. The predicted molar refractivity (Wildman–Crippen MR) is 74.4 cm³/mol. The van der Waals surface area contributed by atoms with Gasteiger partial charge in [-0.05, 0) is 30.7 Å². The first-order valence-corrected chi connectivity index (χ1v) is 7.67. The summed E-state index contributed by atoms with van der Waals surface area (Å²) >= 11 is 0. The molecule has 1 N–H and O–H groups in total. The van der Waals surface area contributed by atoms with Crippen molar-refractivity contribution in [2.75, 3.05) is 7.05 Å². The van der Waals surface area contributed by atoms with Gasteiger partial charge in [-0.15, -0.1) is 0 Å². The van der Waals surface area contributed by atoms with Crippen LogP contribution in [0.25, 0.3) is 0 Å². The van der Waals surface area contributed by atoms with Crippen molar-refractivity contribution in [2.45, 2.75) is 25.0 Å². The van der Waals surface area contributed by atoms with E-state index >= 15 is 0 Å². The molecule has 0 saturated carbocycles. The van der Waals surface area contributed by atoms with E-state index in [9.17, 15) is 12.8 Å². The first kappa shape index (κ1) is 15.7. The molecule has 0 unspecified atom stereocenters. The van der Waals surface area contributed by atoms with Crippen molar-refractivity contribution in [3.8, 4) is 0 Å². The highest BCUT2D eigenvalue weighted by molar-refractivity contribution is 7.89. The minimum atomic E-state index is -3.86. The molecule has 21 heavy (non-hydrogen) atoms. The Kier molecular flexibility index (Phi) is 4.46. The van der Waals surface area contributed by atoms with Crippen molar-refractivity contribution < 1.29 is 22.3 Å². The maximum atomic E-state index is 13.8. The van der Waals surface area contributed by atoms with Gasteiger partial charge in [0.15, 0.2) is 0 Å². The topological polar surface area (TPSA) is 70.8 Å². The molecule has 0 bridgehead atoms. The Bertz CT molecular complexity index is 726. The third-order valence-corrected chi connectivity index (χ3v) is 5.14. The Morgan fingerprint density at radius 1 is 1.33 bits per heavy atom. The molecule has 0 aliphatic carbocycles. The van der Waals surface area contributed by atoms with Crippen LogP contribution in [0, 0.1) is 12.7 Å². The third kappa shape index (κ3) is 3.15. The predicted octanol–water partition coefficient (Wildman–Crippen LogP) is 2.04. The highest BCUT2D eigenvalue weighted by atomic mass is 32.2. The maximum Gasteiger partial charge on any atom is 0.243 e. The summed E-state index contributed by atoms with van der Waals surface area (Å²) in [5, 5.41) is 9.10. The summed E-state index contributed by atoms with van der Waals surface area (Å²) in [5.74, 6) is -0.656. The van der Waals surface area contributed by atoms with Crippen LogP contribution in [-0.2, 0) is 23.2 Å². The normalized spacial score (nSPS) is 12.0. The molecule has 2 aromatic rings. The maximum absolute atomic E-state index is 13.8. The quantitative estimate of drug-likeness (QED) is 0.917. The summed E-state index contributed by atoms with van der Waals surface area (Å²) in [6.45, 7) is 1.09. The SMILES string of the molecule is Cc1c(F)cc(CO)cc1S(=O)(=O)N(C)Cc1ccoc1. The summed E-state index contributed by atoms with van der Waals surface area (Å²) in [6.07, 6.45) is 2.90. The minimum absolute atomic E-state index is 0.0336. The van der Waals surface area contributed by atoms with Crippen LogP contribution in [0.15, 0.2) is 40.0 Å². The monoisotopic (exact) mass is 313 g/mol. The van der Waals surface area contributed by atoms with Gasteiger partial charge in [-0.2, -0.15) is 4.31 Å². The molecule has 0 saturated heterocycles. The summed E-state index contributed by atoms with van der Waals surface area (Å²) in [4.78, 5) is -0.141. The van der Waals surface area contributed by atoms with E-state index in [0.29, 0.717) is 5.56 Å². The van der Waals surface area contributed by atoms with Crippen LogP contribution >= 0.6 is 0 Å². The molecule has 0 amide bonds. The van der Waals surface area contributed by atoms with Gasteiger partial charge in [-0.25, -0.2) is 12.8 Å². The Morgan fingerprint density at radius 2 is 2.05 bits per heavy atom. The first-order valence-electron chi connectivity index (χ1n) is 6.23. The zero-order valence-electron chi connectivity index (χ0n) is 11.7. The zero-order valence-corrected chi connectivity index (χ0v) is 12.5. The summed E-state index contributed by atoms with van der Waals surface area (Å²) in [7, 11) is -2.45. The average molecular weight is 313 g/mol. The number of hydrogen-bond acceptors (Lipinski definition) is 4. The van der Waals surface area contributed by atoms with Crippen molar-refractivity contribution in [3.05, 3.63) is 53.2 Å². The molecule has 2 rings (SSSR count). The van der Waals surface area contributed by atoms with Crippen molar-refractivity contribution in [2.24, 2.45) is 0 Å². The molecule has 0 atom stereocenters. The van der Waals surface area contributed by atoms with Gasteiger partial charge in [0, 0.05) is 24.7 Å². The van der Waals surface area contributed by atoms with Crippen molar-refractivity contribution in [1.82, 2.24) is 4.31 Å². The lowest BCUT2D eigenvalue weighted by atomic mass is 10.1. The second kappa shape index (κ2) is 5.97. The number of rotatable bonds is 5. The fourth-order valence-electron chi connectivity index (χ4n) is 1.96. The van der Waals surface area contributed by atoms with Crippen LogP contribution in [0.3, 0.4) is 0 Å². The summed E-state index contributed by atoms with van der Waals surface area (Å²) in [5.41, 5.74) is 0.942. The first-order chi connectivity index (χ1) is 9.86. The zero-order chi connectivity index (χ0) is 15.6. The molecular weight excluding hydrogens is 297 g/mol. The standard InChI is InChI=1S/C14H16FNO4S/c1-10-13(15)5-12(8-17)6-14(10)21(18,19)16(2)7-11-3-4-20-9-11/h3-6,9,17H,7-8H2,1-2H3. The lowest BCUT2D eigenvalue weighted by molar-refractivity contribution is 0.280. The lowest BCUT2D eigenvalue weighted by Crippen LogP contribution is -2.27. The van der Waals surface area contributed by atoms with Crippen LogP contribution in [0.1, 0.15) is 16.7 Å².